The van der Waals surface area contributed by atoms with Crippen molar-refractivity contribution in [3.05, 3.63) is 39.5 Å². The minimum absolute atomic E-state index is 0. The number of amides is 2. The number of rotatable bonds is 4. The molecule has 0 aromatic carbocycles. The molecule has 1 aliphatic carbocycles. The summed E-state index contributed by atoms with van der Waals surface area (Å²) in [5.41, 5.74) is -0.784. The fourth-order valence-electron chi connectivity index (χ4n) is 4.01. The number of piperidine rings is 1. The first-order valence-electron chi connectivity index (χ1n) is 9.86. The van der Waals surface area contributed by atoms with Crippen LogP contribution < -0.4 is 26.8 Å². The van der Waals surface area contributed by atoms with Gasteiger partial charge in [0.2, 0.25) is 5.91 Å². The van der Waals surface area contributed by atoms with Gasteiger partial charge in [-0.05, 0) is 32.0 Å². The third-order valence-electron chi connectivity index (χ3n) is 5.70. The van der Waals surface area contributed by atoms with Crippen LogP contribution in [-0.2, 0) is 10.5 Å². The van der Waals surface area contributed by atoms with Crippen molar-refractivity contribution in [2.45, 2.75) is 31.3 Å². The summed E-state index contributed by atoms with van der Waals surface area (Å²) in [7, 11) is 0. The number of carbonyl (C=O) groups excluding carboxylic acids is 2. The first-order valence-corrected chi connectivity index (χ1v) is 10.2. The standard InChI is InChI=1S/C19H20ClN7O3.ClH/c20-11-7-12(24-13-8-14(23-9-22-13)25-16(28)10-1-2-10)18(30)27-15(11)17(29)26-19(27)3-5-21-6-4-19;/h7-10,21H,1-6H2,(H,26,29)(H2,22,23,24,25,28);1H. The number of hydrogen-bond donors (Lipinski definition) is 4. The largest absolute Gasteiger partial charge is 0.336 e. The Bertz CT molecular complexity index is 1110. The molecular formula is C19H21Cl2N7O3. The first-order chi connectivity index (χ1) is 14.5. The highest BCUT2D eigenvalue weighted by atomic mass is 35.5. The van der Waals surface area contributed by atoms with Crippen LogP contribution >= 0.6 is 24.0 Å². The molecule has 4 heterocycles. The minimum Gasteiger partial charge on any atom is -0.336 e. The summed E-state index contributed by atoms with van der Waals surface area (Å²) in [6, 6.07) is 2.98. The number of fused-ring (bicyclic) bond motifs is 2. The highest BCUT2D eigenvalue weighted by Crippen LogP contribution is 2.34. The monoisotopic (exact) mass is 465 g/mol. The lowest BCUT2D eigenvalue weighted by molar-refractivity contribution is -0.117. The fourth-order valence-corrected chi connectivity index (χ4v) is 4.29. The quantitative estimate of drug-likeness (QED) is 0.539. The van der Waals surface area contributed by atoms with Crippen molar-refractivity contribution in [1.82, 2.24) is 25.2 Å². The molecule has 2 aromatic rings. The van der Waals surface area contributed by atoms with Crippen molar-refractivity contribution in [1.29, 1.82) is 0 Å². The first kappa shape index (κ1) is 21.5. The van der Waals surface area contributed by atoms with Crippen LogP contribution in [0.3, 0.4) is 0 Å². The molecule has 2 amide bonds. The predicted molar refractivity (Wildman–Crippen MR) is 117 cm³/mol. The van der Waals surface area contributed by atoms with Crippen molar-refractivity contribution in [2.24, 2.45) is 5.92 Å². The summed E-state index contributed by atoms with van der Waals surface area (Å²) in [6.45, 7) is 1.36. The predicted octanol–water partition coefficient (Wildman–Crippen LogP) is 1.59. The number of hydrogen-bond acceptors (Lipinski definition) is 7. The van der Waals surface area contributed by atoms with E-state index in [4.69, 9.17) is 11.6 Å². The molecular weight excluding hydrogens is 445 g/mol. The number of carbonyl (C=O) groups is 2. The molecule has 1 saturated carbocycles. The molecule has 1 saturated heterocycles. The minimum atomic E-state index is -0.787. The zero-order chi connectivity index (χ0) is 20.9. The van der Waals surface area contributed by atoms with Crippen LogP contribution in [0.4, 0.5) is 17.3 Å². The third kappa shape index (κ3) is 3.86. The average molecular weight is 466 g/mol. The van der Waals surface area contributed by atoms with Gasteiger partial charge in [0, 0.05) is 24.8 Å². The van der Waals surface area contributed by atoms with Crippen LogP contribution in [0.5, 0.6) is 0 Å². The summed E-state index contributed by atoms with van der Waals surface area (Å²) in [6.07, 6.45) is 4.23. The molecule has 164 valence electrons. The van der Waals surface area contributed by atoms with E-state index in [-0.39, 0.29) is 52.1 Å². The Morgan fingerprint density at radius 2 is 1.87 bits per heavy atom. The Morgan fingerprint density at radius 1 is 1.16 bits per heavy atom. The van der Waals surface area contributed by atoms with Crippen LogP contribution in [0.2, 0.25) is 5.02 Å². The number of aromatic nitrogens is 3. The van der Waals surface area contributed by atoms with Gasteiger partial charge < -0.3 is 21.3 Å². The molecule has 0 bridgehead atoms. The maximum atomic E-state index is 13.3. The van der Waals surface area contributed by atoms with E-state index in [1.165, 1.54) is 17.0 Å². The Labute approximate surface area is 188 Å². The molecule has 4 N–H and O–H groups in total. The lowest BCUT2D eigenvalue weighted by Gasteiger charge is -2.35. The van der Waals surface area contributed by atoms with Crippen molar-refractivity contribution < 1.29 is 9.59 Å². The average Bonchev–Trinajstić information content (AvgIpc) is 3.52. The molecule has 10 nitrogen and oxygen atoms in total. The summed E-state index contributed by atoms with van der Waals surface area (Å²) in [5, 5.41) is 12.1. The van der Waals surface area contributed by atoms with E-state index in [0.717, 1.165) is 12.8 Å². The van der Waals surface area contributed by atoms with Gasteiger partial charge in [0.05, 0.1) is 5.02 Å². The van der Waals surface area contributed by atoms with Crippen molar-refractivity contribution >= 4 is 53.1 Å². The van der Waals surface area contributed by atoms with Gasteiger partial charge in [-0.1, -0.05) is 11.6 Å². The number of halogens is 2. The summed E-state index contributed by atoms with van der Waals surface area (Å²) >= 11 is 6.39. The maximum absolute atomic E-state index is 13.3. The molecule has 2 aromatic heterocycles. The normalized spacial score (nSPS) is 18.7. The van der Waals surface area contributed by atoms with Gasteiger partial charge in [-0.15, -0.1) is 12.4 Å². The van der Waals surface area contributed by atoms with E-state index in [0.29, 0.717) is 37.6 Å². The summed E-state index contributed by atoms with van der Waals surface area (Å²) < 4.78 is 1.47. The van der Waals surface area contributed by atoms with Gasteiger partial charge in [-0.25, -0.2) is 9.97 Å². The second-order valence-electron chi connectivity index (χ2n) is 7.81. The molecule has 0 atom stereocenters. The maximum Gasteiger partial charge on any atom is 0.276 e. The molecule has 2 aliphatic heterocycles. The van der Waals surface area contributed by atoms with Crippen LogP contribution in [-0.4, -0.2) is 39.4 Å². The summed E-state index contributed by atoms with van der Waals surface area (Å²) in [5.74, 6) is 0.308. The number of nitrogens with one attached hydrogen (secondary N) is 4. The smallest absolute Gasteiger partial charge is 0.276 e. The van der Waals surface area contributed by atoms with Crippen molar-refractivity contribution in [3.63, 3.8) is 0 Å². The van der Waals surface area contributed by atoms with Gasteiger partial charge in [0.25, 0.3) is 11.5 Å². The Kier molecular flexibility index (Phi) is 5.63. The van der Waals surface area contributed by atoms with Gasteiger partial charge in [0.15, 0.2) is 0 Å². The van der Waals surface area contributed by atoms with E-state index >= 15 is 0 Å². The zero-order valence-electron chi connectivity index (χ0n) is 16.4. The van der Waals surface area contributed by atoms with Crippen LogP contribution in [0.25, 0.3) is 0 Å². The highest BCUT2D eigenvalue weighted by molar-refractivity contribution is 6.34. The molecule has 12 heteroatoms. The Balaban J connectivity index is 0.00000231. The zero-order valence-corrected chi connectivity index (χ0v) is 18.0. The Hall–Kier alpha value is -2.69. The van der Waals surface area contributed by atoms with Gasteiger partial charge in [0.1, 0.15) is 35.0 Å². The fraction of sp³-hybridized carbons (Fsp3) is 0.421. The van der Waals surface area contributed by atoms with E-state index in [1.807, 2.05) is 0 Å². The van der Waals surface area contributed by atoms with Crippen molar-refractivity contribution in [3.8, 4) is 0 Å². The molecule has 31 heavy (non-hydrogen) atoms. The Morgan fingerprint density at radius 3 is 2.58 bits per heavy atom. The van der Waals surface area contributed by atoms with Gasteiger partial charge in [-0.2, -0.15) is 0 Å². The van der Waals surface area contributed by atoms with E-state index in [1.54, 1.807) is 6.07 Å². The number of anilines is 3. The van der Waals surface area contributed by atoms with Crippen LogP contribution in [0, 0.1) is 5.92 Å². The van der Waals surface area contributed by atoms with Gasteiger partial charge >= 0.3 is 0 Å². The third-order valence-corrected chi connectivity index (χ3v) is 5.99. The molecule has 5 rings (SSSR count). The van der Waals surface area contributed by atoms with E-state index < -0.39 is 5.66 Å². The second kappa shape index (κ2) is 8.10. The highest BCUT2D eigenvalue weighted by Gasteiger charge is 2.45. The number of nitrogens with zero attached hydrogens (tertiary/aromatic N) is 3. The number of pyridine rings is 1. The van der Waals surface area contributed by atoms with E-state index in [9.17, 15) is 14.4 Å². The molecule has 0 radical (unpaired) electrons. The second-order valence-corrected chi connectivity index (χ2v) is 8.22. The molecule has 3 aliphatic rings. The summed E-state index contributed by atoms with van der Waals surface area (Å²) in [4.78, 5) is 46.0. The van der Waals surface area contributed by atoms with E-state index in [2.05, 4.69) is 31.2 Å². The lowest BCUT2D eigenvalue weighted by Crippen LogP contribution is -2.53. The van der Waals surface area contributed by atoms with Crippen LogP contribution in [0.15, 0.2) is 23.3 Å². The molecule has 0 unspecified atom stereocenters. The molecule has 1 spiro atoms. The van der Waals surface area contributed by atoms with Gasteiger partial charge in [-0.3, -0.25) is 19.0 Å². The van der Waals surface area contributed by atoms with Crippen LogP contribution in [0.1, 0.15) is 36.2 Å². The topological polar surface area (TPSA) is 130 Å². The van der Waals surface area contributed by atoms with Crippen molar-refractivity contribution in [2.75, 3.05) is 23.7 Å². The SMILES string of the molecule is Cl.O=C1NC2(CCNCC2)n2c1c(Cl)cc(Nc1cc(NC(=O)C3CC3)ncn1)c2=O. The molecule has 2 fully saturated rings. The lowest BCUT2D eigenvalue weighted by atomic mass is 9.98.